The molecule has 1 unspecified atom stereocenters. The third kappa shape index (κ3) is 3.43. The van der Waals surface area contributed by atoms with Crippen molar-refractivity contribution in [3.05, 3.63) is 67.9 Å². The average molecular weight is 329 g/mol. The van der Waals surface area contributed by atoms with E-state index in [2.05, 4.69) is 5.32 Å². The molecule has 0 fully saturated rings. The lowest BCUT2D eigenvalue weighted by Crippen LogP contribution is -2.10. The van der Waals surface area contributed by atoms with Gasteiger partial charge in [-0.25, -0.2) is 4.39 Å². The van der Waals surface area contributed by atoms with Crippen LogP contribution in [0.2, 0.25) is 10.0 Å². The second kappa shape index (κ2) is 6.28. The van der Waals surface area contributed by atoms with Gasteiger partial charge in [0.15, 0.2) is 0 Å². The Morgan fingerprint density at radius 1 is 1.24 bits per heavy atom. The Labute approximate surface area is 130 Å². The number of nitrogens with one attached hydrogen (secondary N) is 1. The molecule has 0 spiro atoms. The standard InChI is InChI=1S/C14H11Cl2FN2O2/c1-8(10-4-2-3-5-13(10)19(20)21)18-14-11(15)6-9(17)7-12(14)16/h2-8,18H,1H3. The lowest BCUT2D eigenvalue weighted by Gasteiger charge is -2.18. The van der Waals surface area contributed by atoms with Gasteiger partial charge in [0, 0.05) is 6.07 Å². The second-order valence-corrected chi connectivity index (χ2v) is 5.24. The first kappa shape index (κ1) is 15.5. The Hall–Kier alpha value is -1.85. The van der Waals surface area contributed by atoms with Crippen molar-refractivity contribution in [2.75, 3.05) is 5.32 Å². The first-order chi connectivity index (χ1) is 9.90. The number of nitro groups is 1. The third-order valence-corrected chi connectivity index (χ3v) is 3.56. The number of halogens is 3. The van der Waals surface area contributed by atoms with Crippen LogP contribution in [0.15, 0.2) is 36.4 Å². The number of hydrogen-bond donors (Lipinski definition) is 1. The largest absolute Gasteiger partial charge is 0.376 e. The van der Waals surface area contributed by atoms with E-state index in [0.29, 0.717) is 11.3 Å². The molecule has 4 nitrogen and oxygen atoms in total. The van der Waals surface area contributed by atoms with E-state index in [9.17, 15) is 14.5 Å². The van der Waals surface area contributed by atoms with Gasteiger partial charge in [0.25, 0.3) is 5.69 Å². The summed E-state index contributed by atoms with van der Waals surface area (Å²) in [4.78, 5) is 10.6. The molecular weight excluding hydrogens is 318 g/mol. The van der Waals surface area contributed by atoms with Crippen molar-refractivity contribution in [2.24, 2.45) is 0 Å². The summed E-state index contributed by atoms with van der Waals surface area (Å²) in [6, 6.07) is 8.18. The van der Waals surface area contributed by atoms with Gasteiger partial charge in [-0.3, -0.25) is 10.1 Å². The van der Waals surface area contributed by atoms with Crippen LogP contribution in [0, 0.1) is 15.9 Å². The number of nitrogens with zero attached hydrogens (tertiary/aromatic N) is 1. The Morgan fingerprint density at radius 2 is 1.81 bits per heavy atom. The molecule has 0 saturated heterocycles. The maximum atomic E-state index is 13.2. The van der Waals surface area contributed by atoms with Crippen LogP contribution < -0.4 is 5.32 Å². The summed E-state index contributed by atoms with van der Waals surface area (Å²) in [5.41, 5.74) is 0.816. The highest BCUT2D eigenvalue weighted by molar-refractivity contribution is 6.39. The molecule has 21 heavy (non-hydrogen) atoms. The zero-order chi connectivity index (χ0) is 15.6. The van der Waals surface area contributed by atoms with Gasteiger partial charge in [-0.2, -0.15) is 0 Å². The summed E-state index contributed by atoms with van der Waals surface area (Å²) >= 11 is 11.9. The quantitative estimate of drug-likeness (QED) is 0.618. The Bertz CT molecular complexity index is 671. The first-order valence-corrected chi connectivity index (χ1v) is 6.80. The van der Waals surface area contributed by atoms with Crippen LogP contribution in [0.25, 0.3) is 0 Å². The summed E-state index contributed by atoms with van der Waals surface area (Å²) in [5, 5.41) is 14.2. The highest BCUT2D eigenvalue weighted by Gasteiger charge is 2.19. The van der Waals surface area contributed by atoms with Crippen molar-refractivity contribution in [1.82, 2.24) is 0 Å². The van der Waals surface area contributed by atoms with Crippen molar-refractivity contribution in [3.8, 4) is 0 Å². The number of hydrogen-bond acceptors (Lipinski definition) is 3. The molecular formula is C14H11Cl2FN2O2. The molecule has 0 aliphatic rings. The van der Waals surface area contributed by atoms with Gasteiger partial charge < -0.3 is 5.32 Å². The topological polar surface area (TPSA) is 55.2 Å². The van der Waals surface area contributed by atoms with Crippen LogP contribution in [0.4, 0.5) is 15.8 Å². The van der Waals surface area contributed by atoms with Crippen LogP contribution in [0.1, 0.15) is 18.5 Å². The predicted molar refractivity (Wildman–Crippen MR) is 81.6 cm³/mol. The minimum atomic E-state index is -0.547. The maximum absolute atomic E-state index is 13.2. The van der Waals surface area contributed by atoms with Gasteiger partial charge in [-0.15, -0.1) is 0 Å². The fraction of sp³-hybridized carbons (Fsp3) is 0.143. The van der Waals surface area contributed by atoms with Gasteiger partial charge in [-0.1, -0.05) is 41.4 Å². The van der Waals surface area contributed by atoms with E-state index < -0.39 is 16.8 Å². The highest BCUT2D eigenvalue weighted by Crippen LogP contribution is 2.35. The van der Waals surface area contributed by atoms with E-state index in [-0.39, 0.29) is 15.7 Å². The number of benzene rings is 2. The van der Waals surface area contributed by atoms with Gasteiger partial charge in [0.05, 0.1) is 32.3 Å². The lowest BCUT2D eigenvalue weighted by molar-refractivity contribution is -0.385. The predicted octanol–water partition coefficient (Wildman–Crippen LogP) is 5.21. The average Bonchev–Trinajstić information content (AvgIpc) is 2.42. The molecule has 0 heterocycles. The molecule has 0 aliphatic heterocycles. The minimum absolute atomic E-state index is 0.00754. The van der Waals surface area contributed by atoms with Crippen LogP contribution in [0.3, 0.4) is 0 Å². The van der Waals surface area contributed by atoms with E-state index in [0.717, 1.165) is 12.1 Å². The van der Waals surface area contributed by atoms with Crippen LogP contribution in [-0.2, 0) is 0 Å². The van der Waals surface area contributed by atoms with Gasteiger partial charge >= 0.3 is 0 Å². The molecule has 0 aliphatic carbocycles. The molecule has 2 aromatic carbocycles. The smallest absolute Gasteiger partial charge is 0.274 e. The fourth-order valence-electron chi connectivity index (χ4n) is 1.99. The Balaban J connectivity index is 2.35. The van der Waals surface area contributed by atoms with Crippen LogP contribution in [0.5, 0.6) is 0 Å². The molecule has 0 radical (unpaired) electrons. The molecule has 2 aromatic rings. The molecule has 2 rings (SSSR count). The molecule has 1 N–H and O–H groups in total. The van der Waals surface area contributed by atoms with Crippen LogP contribution in [-0.4, -0.2) is 4.92 Å². The number of rotatable bonds is 4. The molecule has 0 amide bonds. The summed E-state index contributed by atoms with van der Waals surface area (Å²) in [7, 11) is 0. The monoisotopic (exact) mass is 328 g/mol. The van der Waals surface area contributed by atoms with Crippen molar-refractivity contribution in [2.45, 2.75) is 13.0 Å². The molecule has 0 aromatic heterocycles. The fourth-order valence-corrected chi connectivity index (χ4v) is 2.56. The molecule has 0 saturated carbocycles. The first-order valence-electron chi connectivity index (χ1n) is 6.04. The third-order valence-electron chi connectivity index (χ3n) is 2.97. The normalized spacial score (nSPS) is 12.0. The summed E-state index contributed by atoms with van der Waals surface area (Å²) in [6.07, 6.45) is 0. The molecule has 0 bridgehead atoms. The number of anilines is 1. The summed E-state index contributed by atoms with van der Waals surface area (Å²) in [6.45, 7) is 1.73. The van der Waals surface area contributed by atoms with Gasteiger partial charge in [-0.05, 0) is 19.1 Å². The van der Waals surface area contributed by atoms with Gasteiger partial charge in [0.2, 0.25) is 0 Å². The van der Waals surface area contributed by atoms with E-state index >= 15 is 0 Å². The zero-order valence-corrected chi connectivity index (χ0v) is 12.5. The SMILES string of the molecule is CC(Nc1c(Cl)cc(F)cc1Cl)c1ccccc1[N+](=O)[O-]. The highest BCUT2D eigenvalue weighted by atomic mass is 35.5. The molecule has 110 valence electrons. The van der Waals surface area contributed by atoms with E-state index in [1.807, 2.05) is 0 Å². The number of para-hydroxylation sites is 1. The van der Waals surface area contributed by atoms with E-state index in [1.54, 1.807) is 25.1 Å². The van der Waals surface area contributed by atoms with Crippen molar-refractivity contribution >= 4 is 34.6 Å². The van der Waals surface area contributed by atoms with Gasteiger partial charge in [0.1, 0.15) is 5.82 Å². The van der Waals surface area contributed by atoms with E-state index in [1.165, 1.54) is 6.07 Å². The molecule has 1 atom stereocenters. The zero-order valence-electron chi connectivity index (χ0n) is 10.9. The van der Waals surface area contributed by atoms with Crippen molar-refractivity contribution < 1.29 is 9.31 Å². The van der Waals surface area contributed by atoms with Crippen LogP contribution >= 0.6 is 23.2 Å². The summed E-state index contributed by atoms with van der Waals surface area (Å²) in [5.74, 6) is -0.547. The number of nitro benzene ring substituents is 1. The lowest BCUT2D eigenvalue weighted by atomic mass is 10.1. The maximum Gasteiger partial charge on any atom is 0.274 e. The minimum Gasteiger partial charge on any atom is -0.376 e. The van der Waals surface area contributed by atoms with Crippen molar-refractivity contribution in [3.63, 3.8) is 0 Å². The van der Waals surface area contributed by atoms with E-state index in [4.69, 9.17) is 23.2 Å². The summed E-state index contributed by atoms with van der Waals surface area (Å²) < 4.78 is 13.2. The Morgan fingerprint density at radius 3 is 2.38 bits per heavy atom. The Kier molecular flexibility index (Phi) is 4.65. The van der Waals surface area contributed by atoms with Crippen molar-refractivity contribution in [1.29, 1.82) is 0 Å². The second-order valence-electron chi connectivity index (χ2n) is 4.43. The molecule has 7 heteroatoms.